The molecule has 342 valence electrons. The zero-order valence-corrected chi connectivity index (χ0v) is 38.1. The molecule has 3 atom stereocenters. The number of carbonyl (C=O) groups is 1. The molecule has 1 unspecified atom stereocenters. The van der Waals surface area contributed by atoms with Crippen LogP contribution in [0.4, 0.5) is 11.6 Å². The molecule has 1 N–H and O–H groups in total. The molecule has 0 saturated carbocycles. The number of nitriles is 2. The molecule has 6 aliphatic rings. The molecule has 0 bridgehead atoms. The number of aromatic nitrogens is 8. The average Bonchev–Trinajstić information content (AvgIpc) is 4.23. The zero-order chi connectivity index (χ0) is 45.9. The van der Waals surface area contributed by atoms with E-state index in [1.165, 1.54) is 22.3 Å². The van der Waals surface area contributed by atoms with E-state index in [2.05, 4.69) is 81.8 Å². The quantitative estimate of drug-likeness (QED) is 0.166. The Hall–Kier alpha value is -6.95. The summed E-state index contributed by atoms with van der Waals surface area (Å²) in [5.41, 5.74) is 9.45. The predicted molar refractivity (Wildman–Crippen MR) is 247 cm³/mol. The monoisotopic (exact) mass is 898 g/mol. The molecular formula is C50H54N14O3. The van der Waals surface area contributed by atoms with E-state index in [-0.39, 0.29) is 0 Å². The first kappa shape index (κ1) is 43.9. The normalized spacial score (nSPS) is 20.4. The lowest BCUT2D eigenvalue weighted by Crippen LogP contribution is -2.36. The molecule has 4 aromatic heterocycles. The minimum Gasteiger partial charge on any atom is -0.418 e. The fourth-order valence-corrected chi connectivity index (χ4v) is 10.5. The first-order chi connectivity index (χ1) is 32.8. The maximum absolute atomic E-state index is 11.1. The van der Waals surface area contributed by atoms with E-state index in [9.17, 15) is 10.1 Å². The number of anilines is 2. The smallest absolute Gasteiger partial charge is 0.285 e. The summed E-state index contributed by atoms with van der Waals surface area (Å²) >= 11 is 0. The lowest BCUT2D eigenvalue weighted by Gasteiger charge is -2.34. The van der Waals surface area contributed by atoms with Crippen molar-refractivity contribution in [1.29, 1.82) is 10.5 Å². The molecule has 17 nitrogen and oxygen atoms in total. The van der Waals surface area contributed by atoms with Crippen LogP contribution in [-0.4, -0.2) is 77.2 Å². The number of nitrogens with zero attached hydrogens (tertiary/aromatic N) is 13. The van der Waals surface area contributed by atoms with Crippen molar-refractivity contribution in [2.24, 2.45) is 11.8 Å². The molecule has 0 amide bonds. The summed E-state index contributed by atoms with van der Waals surface area (Å²) in [4.78, 5) is 37.4. The standard InChI is InChI=1S/C25H27N7O.C16H19N7O.C9H8O/c1-16-29-30-25(33-16)23-27-21-15-32(22-9-8-18-6-2-3-7-19(18)22)14-20(21)24(28-23)31-12-4-5-17(13-31)10-11-26;1-10-21-22-16(24-10)14-19-13-8-18-7-12(13)15(20-14)23-6-2-3-11(9-23)4-5-17;10-9-6-5-7-3-1-2-4-8(7)9/h2-3,6-7,17,22H,4-5,8-10,12-15H2,1H3;11,18H,2-4,6-9H2,1H3;1-4H,5-6H2/t17-,22?;11-;/m00./s1. The highest BCUT2D eigenvalue weighted by Crippen LogP contribution is 2.42. The van der Waals surface area contributed by atoms with Gasteiger partial charge in [-0.25, -0.2) is 19.9 Å². The Labute approximate surface area is 389 Å². The molecule has 17 heteroatoms. The maximum Gasteiger partial charge on any atom is 0.285 e. The van der Waals surface area contributed by atoms with Gasteiger partial charge in [0.25, 0.3) is 11.8 Å². The molecule has 67 heavy (non-hydrogen) atoms. The number of nitrogens with one attached hydrogen (secondary N) is 1. The van der Waals surface area contributed by atoms with Gasteiger partial charge >= 0.3 is 0 Å². The van der Waals surface area contributed by atoms with Crippen LogP contribution in [0, 0.1) is 48.3 Å². The molecule has 0 radical (unpaired) electrons. The van der Waals surface area contributed by atoms with Gasteiger partial charge in [0.05, 0.1) is 23.5 Å². The number of hydrogen-bond acceptors (Lipinski definition) is 17. The van der Waals surface area contributed by atoms with Gasteiger partial charge in [0.2, 0.25) is 23.4 Å². The lowest BCUT2D eigenvalue weighted by atomic mass is 9.95. The number of hydrogen-bond donors (Lipinski definition) is 1. The minimum atomic E-state index is 0.301. The molecule has 4 aliphatic heterocycles. The highest BCUT2D eigenvalue weighted by Gasteiger charge is 2.37. The van der Waals surface area contributed by atoms with Crippen LogP contribution >= 0.6 is 0 Å². The van der Waals surface area contributed by atoms with Crippen LogP contribution in [0.2, 0.25) is 0 Å². The van der Waals surface area contributed by atoms with Gasteiger partial charge in [-0.05, 0) is 73.5 Å². The van der Waals surface area contributed by atoms with Gasteiger partial charge < -0.3 is 24.0 Å². The van der Waals surface area contributed by atoms with Gasteiger partial charge in [-0.15, -0.1) is 20.4 Å². The highest BCUT2D eigenvalue weighted by atomic mass is 16.4. The van der Waals surface area contributed by atoms with Crippen molar-refractivity contribution in [2.45, 2.75) is 110 Å². The molecule has 2 fully saturated rings. The van der Waals surface area contributed by atoms with E-state index in [1.54, 1.807) is 13.8 Å². The summed E-state index contributed by atoms with van der Waals surface area (Å²) in [6, 6.07) is 21.7. The van der Waals surface area contributed by atoms with Crippen molar-refractivity contribution in [2.75, 3.05) is 36.0 Å². The van der Waals surface area contributed by atoms with Crippen molar-refractivity contribution in [3.05, 3.63) is 105 Å². The van der Waals surface area contributed by atoms with E-state index in [0.29, 0.717) is 78.1 Å². The van der Waals surface area contributed by atoms with E-state index in [0.717, 1.165) is 131 Å². The van der Waals surface area contributed by atoms with E-state index < -0.39 is 0 Å². The predicted octanol–water partition coefficient (Wildman–Crippen LogP) is 7.35. The van der Waals surface area contributed by atoms with Crippen molar-refractivity contribution in [3.8, 4) is 35.6 Å². The molecular weight excluding hydrogens is 845 g/mol. The average molecular weight is 899 g/mol. The second-order valence-electron chi connectivity index (χ2n) is 18.3. The van der Waals surface area contributed by atoms with Gasteiger partial charge in [0.15, 0.2) is 5.78 Å². The number of rotatable bonds is 7. The Kier molecular flexibility index (Phi) is 12.8. The first-order valence-corrected chi connectivity index (χ1v) is 23.6. The summed E-state index contributed by atoms with van der Waals surface area (Å²) in [7, 11) is 0. The summed E-state index contributed by atoms with van der Waals surface area (Å²) in [6.45, 7) is 10.3. The van der Waals surface area contributed by atoms with Gasteiger partial charge in [-0.2, -0.15) is 10.5 Å². The van der Waals surface area contributed by atoms with Crippen LogP contribution in [0.1, 0.15) is 119 Å². The largest absolute Gasteiger partial charge is 0.418 e. The number of aryl methyl sites for hydroxylation is 4. The molecule has 2 aromatic carbocycles. The van der Waals surface area contributed by atoms with Crippen LogP contribution in [0.25, 0.3) is 23.4 Å². The third-order valence-electron chi connectivity index (χ3n) is 13.8. The van der Waals surface area contributed by atoms with Gasteiger partial charge in [0, 0.05) is 108 Å². The van der Waals surface area contributed by atoms with Crippen molar-refractivity contribution in [1.82, 2.24) is 50.5 Å². The summed E-state index contributed by atoms with van der Waals surface area (Å²) in [5, 5.41) is 37.7. The Morgan fingerprint density at radius 3 is 1.91 bits per heavy atom. The van der Waals surface area contributed by atoms with Crippen LogP contribution in [0.15, 0.2) is 57.4 Å². The summed E-state index contributed by atoms with van der Waals surface area (Å²) in [6.07, 6.45) is 9.44. The number of ketones is 1. The fraction of sp³-hybridized carbons (Fsp3) is 0.460. The van der Waals surface area contributed by atoms with Gasteiger partial charge in [0.1, 0.15) is 11.6 Å². The third kappa shape index (κ3) is 9.39. The second-order valence-corrected chi connectivity index (χ2v) is 18.3. The van der Waals surface area contributed by atoms with Crippen LogP contribution in [0.5, 0.6) is 0 Å². The Morgan fingerprint density at radius 2 is 1.28 bits per heavy atom. The Morgan fingerprint density at radius 1 is 0.672 bits per heavy atom. The number of carbonyl (C=O) groups excluding carboxylic acids is 1. The van der Waals surface area contributed by atoms with E-state index in [4.69, 9.17) is 29.0 Å². The number of Topliss-reactive ketones (excluding diaryl/α,β-unsaturated/α-hetero) is 1. The zero-order valence-electron chi connectivity index (χ0n) is 38.1. The molecule has 2 aliphatic carbocycles. The SMILES string of the molecule is Cc1nnc(-c2nc3c(c(N4CCC[C@@H](CC#N)C4)n2)CN(C2CCc4ccccc42)C3)o1.Cc1nnc(-c2nc3c(c(N4CCC[C@@H](CC#N)C4)n2)CNC3)o1.O=C1CCc2ccccc21. The van der Waals surface area contributed by atoms with Crippen molar-refractivity contribution < 1.29 is 13.6 Å². The number of benzene rings is 2. The topological polar surface area (TPSA) is 216 Å². The third-order valence-corrected chi connectivity index (χ3v) is 13.8. The molecule has 0 spiro atoms. The summed E-state index contributed by atoms with van der Waals surface area (Å²) < 4.78 is 11.2. The van der Waals surface area contributed by atoms with Crippen LogP contribution in [-0.2, 0) is 39.0 Å². The summed E-state index contributed by atoms with van der Waals surface area (Å²) in [5.74, 6) is 5.71. The second kappa shape index (κ2) is 19.5. The molecule has 6 aromatic rings. The molecule has 2 saturated heterocycles. The number of piperidine rings is 2. The Bertz CT molecular complexity index is 2860. The van der Waals surface area contributed by atoms with E-state index >= 15 is 0 Å². The minimum absolute atomic E-state index is 0.301. The molecule has 12 rings (SSSR count). The first-order valence-electron chi connectivity index (χ1n) is 23.6. The molecule has 8 heterocycles. The number of fused-ring (bicyclic) bond motifs is 4. The maximum atomic E-state index is 11.1. The van der Waals surface area contributed by atoms with Gasteiger partial charge in [-0.3, -0.25) is 9.69 Å². The van der Waals surface area contributed by atoms with Gasteiger partial charge in [-0.1, -0.05) is 48.5 Å². The van der Waals surface area contributed by atoms with Crippen LogP contribution in [0.3, 0.4) is 0 Å². The lowest BCUT2D eigenvalue weighted by molar-refractivity contribution is 0.0994. The Balaban J connectivity index is 0.000000134. The van der Waals surface area contributed by atoms with Crippen molar-refractivity contribution >= 4 is 17.4 Å². The van der Waals surface area contributed by atoms with Crippen LogP contribution < -0.4 is 15.1 Å². The fourth-order valence-electron chi connectivity index (χ4n) is 10.5. The van der Waals surface area contributed by atoms with E-state index in [1.807, 2.05) is 24.3 Å². The highest BCUT2D eigenvalue weighted by molar-refractivity contribution is 6.00. The van der Waals surface area contributed by atoms with Crippen molar-refractivity contribution in [3.63, 3.8) is 0 Å².